The van der Waals surface area contributed by atoms with E-state index >= 15 is 0 Å². The van der Waals surface area contributed by atoms with Crippen LogP contribution in [0.1, 0.15) is 28.9 Å². The zero-order chi connectivity index (χ0) is 22.9. The molecule has 7 heteroatoms. The molecule has 0 amide bonds. The van der Waals surface area contributed by atoms with Gasteiger partial charge in [-0.1, -0.05) is 60.7 Å². The molecule has 3 aromatic rings. The van der Waals surface area contributed by atoms with Crippen molar-refractivity contribution < 1.29 is 33.3 Å². The van der Waals surface area contributed by atoms with Crippen LogP contribution in [0.3, 0.4) is 0 Å². The molecule has 1 radical (unpaired) electrons. The molecule has 3 aromatic carbocycles. The molecule has 2 unspecified atom stereocenters. The summed E-state index contributed by atoms with van der Waals surface area (Å²) in [5.74, 6) is -0.902. The Labute approximate surface area is 185 Å². The van der Waals surface area contributed by atoms with Gasteiger partial charge >= 0.3 is 11.9 Å². The van der Waals surface area contributed by atoms with Crippen molar-refractivity contribution in [3.63, 3.8) is 0 Å². The summed E-state index contributed by atoms with van der Waals surface area (Å²) < 4.78 is 21.4. The highest BCUT2D eigenvalue weighted by atomic mass is 16.6. The third-order valence-electron chi connectivity index (χ3n) is 4.54. The van der Waals surface area contributed by atoms with E-state index in [-0.39, 0.29) is 17.1 Å². The molecule has 0 aliphatic rings. The molecule has 32 heavy (non-hydrogen) atoms. The average Bonchev–Trinajstić information content (AvgIpc) is 2.85. The van der Waals surface area contributed by atoms with Gasteiger partial charge in [0.05, 0.1) is 14.2 Å². The van der Waals surface area contributed by atoms with Crippen molar-refractivity contribution in [2.45, 2.75) is 12.2 Å². The van der Waals surface area contributed by atoms with Gasteiger partial charge in [-0.2, -0.15) is 0 Å². The van der Waals surface area contributed by atoms with Crippen molar-refractivity contribution in [2.75, 3.05) is 14.2 Å². The summed E-state index contributed by atoms with van der Waals surface area (Å²) in [5, 5.41) is 0. The van der Waals surface area contributed by atoms with Crippen molar-refractivity contribution >= 4 is 18.2 Å². The van der Waals surface area contributed by atoms with E-state index in [1.54, 1.807) is 54.8 Å². The maximum atomic E-state index is 12.3. The van der Waals surface area contributed by atoms with Gasteiger partial charge in [0, 0.05) is 22.8 Å². The molecule has 0 aliphatic heterocycles. The number of rotatable bonds is 9. The number of hydrogen-bond acceptors (Lipinski definition) is 7. The molecular weight excluding hydrogens is 412 g/mol. The Morgan fingerprint density at radius 2 is 1.09 bits per heavy atom. The first kappa shape index (κ1) is 22.6. The Morgan fingerprint density at radius 3 is 1.44 bits per heavy atom. The molecule has 0 saturated heterocycles. The monoisotopic (exact) mass is 433 g/mol. The van der Waals surface area contributed by atoms with Gasteiger partial charge in [0.2, 0.25) is 18.5 Å². The Kier molecular flexibility index (Phi) is 7.59. The van der Waals surface area contributed by atoms with E-state index in [9.17, 15) is 14.4 Å². The van der Waals surface area contributed by atoms with Gasteiger partial charge in [-0.15, -0.1) is 0 Å². The lowest BCUT2D eigenvalue weighted by Gasteiger charge is -2.20. The minimum atomic E-state index is -1.07. The van der Waals surface area contributed by atoms with Crippen LogP contribution in [0.5, 0.6) is 11.5 Å². The topological polar surface area (TPSA) is 88.1 Å². The predicted molar refractivity (Wildman–Crippen MR) is 115 cm³/mol. The number of carbonyl (C=O) groups is 2. The fourth-order valence-corrected chi connectivity index (χ4v) is 3.01. The maximum absolute atomic E-state index is 12.3. The Balaban J connectivity index is 1.94. The number of benzene rings is 3. The van der Waals surface area contributed by atoms with Crippen LogP contribution in [0, 0.1) is 0 Å². The Morgan fingerprint density at radius 1 is 0.688 bits per heavy atom. The number of esters is 2. The average molecular weight is 433 g/mol. The molecule has 0 N–H and O–H groups in total. The van der Waals surface area contributed by atoms with E-state index in [1.807, 2.05) is 12.1 Å². The molecule has 0 aliphatic carbocycles. The van der Waals surface area contributed by atoms with Gasteiger partial charge < -0.3 is 18.9 Å². The number of methoxy groups -OCH3 is 2. The second-order valence-electron chi connectivity index (χ2n) is 6.66. The van der Waals surface area contributed by atoms with Crippen LogP contribution in [0.25, 0.3) is 0 Å². The zero-order valence-electron chi connectivity index (χ0n) is 17.5. The summed E-state index contributed by atoms with van der Waals surface area (Å²) >= 11 is 0. The van der Waals surface area contributed by atoms with Crippen molar-refractivity contribution in [3.8, 4) is 11.5 Å². The molecular formula is C25H21O7. The molecule has 2 atom stereocenters. The van der Waals surface area contributed by atoms with Gasteiger partial charge in [-0.05, 0) is 12.1 Å². The Hall–Kier alpha value is -4.13. The molecule has 0 heterocycles. The van der Waals surface area contributed by atoms with E-state index in [0.717, 1.165) is 0 Å². The molecule has 0 fully saturated rings. The van der Waals surface area contributed by atoms with Crippen molar-refractivity contribution in [3.05, 3.63) is 95.6 Å². The van der Waals surface area contributed by atoms with Gasteiger partial charge in [-0.25, -0.2) is 9.59 Å². The highest BCUT2D eigenvalue weighted by molar-refractivity contribution is 5.79. The lowest BCUT2D eigenvalue weighted by Crippen LogP contribution is -2.21. The van der Waals surface area contributed by atoms with Crippen LogP contribution in [0.2, 0.25) is 0 Å². The summed E-state index contributed by atoms with van der Waals surface area (Å²) in [4.78, 5) is 36.0. The third kappa shape index (κ3) is 5.51. The molecule has 7 nitrogen and oxygen atoms in total. The first-order valence-electron chi connectivity index (χ1n) is 9.67. The Bertz CT molecular complexity index is 984. The van der Waals surface area contributed by atoms with Crippen LogP contribution in [0.15, 0.2) is 78.9 Å². The largest absolute Gasteiger partial charge is 0.474 e. The SMILES string of the molecule is COC(=O)C(Oc1cc([C]=O)cc(OC(C(=O)OC)c2ccccc2)c1)c1ccccc1. The van der Waals surface area contributed by atoms with Crippen LogP contribution < -0.4 is 9.47 Å². The molecule has 0 bridgehead atoms. The number of hydrogen-bond donors (Lipinski definition) is 0. The highest BCUT2D eigenvalue weighted by Crippen LogP contribution is 2.31. The molecule has 0 spiro atoms. The van der Waals surface area contributed by atoms with Crippen LogP contribution >= 0.6 is 0 Å². The third-order valence-corrected chi connectivity index (χ3v) is 4.54. The number of carbonyl (C=O) groups excluding carboxylic acids is 3. The van der Waals surface area contributed by atoms with Gasteiger partial charge in [-0.3, -0.25) is 4.79 Å². The van der Waals surface area contributed by atoms with Crippen LogP contribution in [-0.2, 0) is 23.9 Å². The fraction of sp³-hybridized carbons (Fsp3) is 0.160. The van der Waals surface area contributed by atoms with E-state index in [2.05, 4.69) is 0 Å². The van der Waals surface area contributed by atoms with Crippen LogP contribution in [-0.4, -0.2) is 32.4 Å². The normalized spacial score (nSPS) is 12.2. The van der Waals surface area contributed by atoms with Gasteiger partial charge in [0.25, 0.3) is 0 Å². The quantitative estimate of drug-likeness (QED) is 0.475. The first-order chi connectivity index (χ1) is 15.5. The van der Waals surface area contributed by atoms with E-state index in [1.165, 1.54) is 32.4 Å². The fourth-order valence-electron chi connectivity index (χ4n) is 3.01. The first-order valence-corrected chi connectivity index (χ1v) is 9.67. The van der Waals surface area contributed by atoms with Gasteiger partial charge in [0.1, 0.15) is 11.5 Å². The number of ether oxygens (including phenoxy) is 4. The maximum Gasteiger partial charge on any atom is 0.351 e. The molecule has 163 valence electrons. The second kappa shape index (κ2) is 10.8. The lowest BCUT2D eigenvalue weighted by molar-refractivity contribution is -0.149. The predicted octanol–water partition coefficient (Wildman–Crippen LogP) is 3.73. The van der Waals surface area contributed by atoms with E-state index < -0.39 is 24.1 Å². The summed E-state index contributed by atoms with van der Waals surface area (Å²) in [6.07, 6.45) is -0.358. The highest BCUT2D eigenvalue weighted by Gasteiger charge is 2.26. The lowest BCUT2D eigenvalue weighted by atomic mass is 10.1. The standard InChI is InChI=1S/C25H21O7/c1-29-24(27)22(18-9-5-3-6-10-18)31-20-13-17(16-26)14-21(15-20)32-23(25(28)30-2)19-11-7-4-8-12-19/h3-15,22-23H,1-2H3. The molecule has 0 aromatic heterocycles. The van der Waals surface area contributed by atoms with Gasteiger partial charge in [0.15, 0.2) is 0 Å². The minimum Gasteiger partial charge on any atom is -0.474 e. The van der Waals surface area contributed by atoms with Crippen molar-refractivity contribution in [2.24, 2.45) is 0 Å². The molecule has 0 saturated carbocycles. The zero-order valence-corrected chi connectivity index (χ0v) is 17.5. The second-order valence-corrected chi connectivity index (χ2v) is 6.66. The van der Waals surface area contributed by atoms with Crippen molar-refractivity contribution in [1.29, 1.82) is 0 Å². The van der Waals surface area contributed by atoms with Crippen molar-refractivity contribution in [1.82, 2.24) is 0 Å². The summed E-state index contributed by atoms with van der Waals surface area (Å²) in [6.45, 7) is 0. The van der Waals surface area contributed by atoms with Crippen LogP contribution in [0.4, 0.5) is 0 Å². The smallest absolute Gasteiger partial charge is 0.351 e. The minimum absolute atomic E-state index is 0.117. The molecule has 3 rings (SSSR count). The summed E-state index contributed by atoms with van der Waals surface area (Å²) in [5.41, 5.74) is 1.25. The van der Waals surface area contributed by atoms with E-state index in [0.29, 0.717) is 11.1 Å². The summed E-state index contributed by atoms with van der Waals surface area (Å²) in [6, 6.07) is 21.8. The van der Waals surface area contributed by atoms with E-state index in [4.69, 9.17) is 18.9 Å². The summed E-state index contributed by atoms with van der Waals surface area (Å²) in [7, 11) is 2.51.